The second-order valence-corrected chi connectivity index (χ2v) is 9.24. The van der Waals surface area contributed by atoms with Crippen molar-refractivity contribution >= 4 is 40.1 Å². The van der Waals surface area contributed by atoms with Gasteiger partial charge >= 0.3 is 6.09 Å². The van der Waals surface area contributed by atoms with Crippen LogP contribution in [0.2, 0.25) is 10.0 Å². The van der Waals surface area contributed by atoms with Gasteiger partial charge in [-0.25, -0.2) is 4.79 Å². The zero-order valence-corrected chi connectivity index (χ0v) is 20.1. The molecule has 2 N–H and O–H groups in total. The Balaban J connectivity index is 2.98. The minimum atomic E-state index is -1.19. The van der Waals surface area contributed by atoms with E-state index in [1.165, 1.54) is 17.7 Å². The Bertz CT molecular complexity index is 998. The molecule has 7 nitrogen and oxygen atoms in total. The van der Waals surface area contributed by atoms with Crippen molar-refractivity contribution in [3.63, 3.8) is 0 Å². The number of methoxy groups -OCH3 is 1. The Morgan fingerprint density at radius 3 is 2.32 bits per heavy atom. The molecule has 1 aromatic heterocycles. The smallest absolute Gasteiger partial charge is 0.405 e. The molecule has 0 fully saturated rings. The Hall–Kier alpha value is -1.96. The third kappa shape index (κ3) is 5.84. The maximum absolute atomic E-state index is 13.5. The van der Waals surface area contributed by atoms with E-state index in [1.807, 2.05) is 27.7 Å². The first-order valence-corrected chi connectivity index (χ1v) is 10.9. The van der Waals surface area contributed by atoms with E-state index in [2.05, 4.69) is 5.32 Å². The van der Waals surface area contributed by atoms with Gasteiger partial charge in [-0.1, -0.05) is 57.3 Å². The average molecular weight is 473 g/mol. The molecule has 2 rings (SSSR count). The minimum Gasteiger partial charge on any atom is -0.491 e. The third-order valence-corrected chi connectivity index (χ3v) is 5.70. The number of amides is 1. The summed E-state index contributed by atoms with van der Waals surface area (Å²) in [6.45, 7) is 8.62. The van der Waals surface area contributed by atoms with Crippen LogP contribution >= 0.6 is 23.2 Å². The van der Waals surface area contributed by atoms with E-state index < -0.39 is 17.6 Å². The first kappa shape index (κ1) is 25.3. The second-order valence-electron chi connectivity index (χ2n) is 8.43. The first-order chi connectivity index (χ1) is 14.5. The molecule has 0 spiro atoms. The first-order valence-electron chi connectivity index (χ1n) is 10.2. The van der Waals surface area contributed by atoms with Gasteiger partial charge in [-0.05, 0) is 24.0 Å². The number of unbranched alkanes of at least 4 members (excludes halogenated alkanes) is 1. The van der Waals surface area contributed by atoms with Crippen LogP contribution in [0.15, 0.2) is 16.9 Å². The molecule has 31 heavy (non-hydrogen) atoms. The van der Waals surface area contributed by atoms with Crippen molar-refractivity contribution < 1.29 is 19.4 Å². The minimum absolute atomic E-state index is 0.221. The summed E-state index contributed by atoms with van der Waals surface area (Å²) in [7, 11) is 1.54. The maximum Gasteiger partial charge on any atom is 0.405 e. The van der Waals surface area contributed by atoms with E-state index in [9.17, 15) is 14.7 Å². The number of benzene rings is 1. The van der Waals surface area contributed by atoms with Gasteiger partial charge in [-0.3, -0.25) is 4.79 Å². The number of hydrogen-bond donors (Lipinski definition) is 2. The third-order valence-electron chi connectivity index (χ3n) is 4.97. The van der Waals surface area contributed by atoms with Gasteiger partial charge in [0.05, 0.1) is 40.4 Å². The lowest BCUT2D eigenvalue weighted by Gasteiger charge is -2.34. The van der Waals surface area contributed by atoms with Crippen molar-refractivity contribution in [2.45, 2.75) is 53.1 Å². The van der Waals surface area contributed by atoms with Crippen LogP contribution in [0.3, 0.4) is 0 Å². The van der Waals surface area contributed by atoms with E-state index in [0.717, 1.165) is 12.8 Å². The highest BCUT2D eigenvalue weighted by atomic mass is 35.5. The fourth-order valence-electron chi connectivity index (χ4n) is 3.41. The summed E-state index contributed by atoms with van der Waals surface area (Å²) in [5.74, 6) is 0.423. The summed E-state index contributed by atoms with van der Waals surface area (Å²) in [5, 5.41) is 13.5. The highest BCUT2D eigenvalue weighted by Crippen LogP contribution is 2.41. The summed E-state index contributed by atoms with van der Waals surface area (Å²) < 4.78 is 12.9. The van der Waals surface area contributed by atoms with Crippen molar-refractivity contribution in [3.05, 3.63) is 38.2 Å². The van der Waals surface area contributed by atoms with Gasteiger partial charge in [0, 0.05) is 19.0 Å². The Morgan fingerprint density at radius 1 is 1.19 bits per heavy atom. The Kier molecular flexibility index (Phi) is 8.63. The summed E-state index contributed by atoms with van der Waals surface area (Å²) >= 11 is 12.5. The molecule has 0 aliphatic heterocycles. The van der Waals surface area contributed by atoms with Gasteiger partial charge in [0.1, 0.15) is 5.75 Å². The molecular weight excluding hydrogens is 443 g/mol. The lowest BCUT2D eigenvalue weighted by atomic mass is 9.83. The van der Waals surface area contributed by atoms with Crippen LogP contribution in [-0.2, 0) is 11.3 Å². The van der Waals surface area contributed by atoms with E-state index in [1.54, 1.807) is 6.07 Å². The van der Waals surface area contributed by atoms with Gasteiger partial charge in [0.15, 0.2) is 0 Å². The van der Waals surface area contributed by atoms with E-state index >= 15 is 0 Å². The predicted octanol–water partition coefficient (Wildman–Crippen LogP) is 5.49. The molecule has 172 valence electrons. The van der Waals surface area contributed by atoms with Crippen LogP contribution in [0.1, 0.15) is 52.3 Å². The number of carbonyl (C=O) groups is 1. The average Bonchev–Trinajstić information content (AvgIpc) is 2.67. The monoisotopic (exact) mass is 472 g/mol. The van der Waals surface area contributed by atoms with Crippen molar-refractivity contribution in [2.75, 3.05) is 20.3 Å². The van der Waals surface area contributed by atoms with Gasteiger partial charge in [0.2, 0.25) is 0 Å². The molecule has 2 aromatic rings. The summed E-state index contributed by atoms with van der Waals surface area (Å²) in [5.41, 5.74) is -0.435. The largest absolute Gasteiger partial charge is 0.491 e. The quantitative estimate of drug-likeness (QED) is 0.470. The van der Waals surface area contributed by atoms with Gasteiger partial charge in [-0.2, -0.15) is 0 Å². The van der Waals surface area contributed by atoms with Crippen LogP contribution in [0.25, 0.3) is 10.8 Å². The number of hydrogen-bond acceptors (Lipinski definition) is 4. The van der Waals surface area contributed by atoms with E-state index in [0.29, 0.717) is 28.8 Å². The lowest BCUT2D eigenvalue weighted by Crippen LogP contribution is -2.40. The number of pyridine rings is 1. The number of rotatable bonds is 9. The SMILES string of the molecule is CCCCOc1c(C(NC(=O)O)C(C)(C)C)n(CCOC)c(=O)c2cc(Cl)c(Cl)cc12. The second kappa shape index (κ2) is 10.6. The summed E-state index contributed by atoms with van der Waals surface area (Å²) in [6.07, 6.45) is 0.519. The molecule has 0 radical (unpaired) electrons. The van der Waals surface area contributed by atoms with E-state index in [4.69, 9.17) is 32.7 Å². The van der Waals surface area contributed by atoms with Crippen molar-refractivity contribution in [3.8, 4) is 5.75 Å². The lowest BCUT2D eigenvalue weighted by molar-refractivity contribution is 0.165. The number of halogens is 2. The van der Waals surface area contributed by atoms with Crippen molar-refractivity contribution in [1.82, 2.24) is 9.88 Å². The fourth-order valence-corrected chi connectivity index (χ4v) is 3.73. The van der Waals surface area contributed by atoms with Crippen LogP contribution < -0.4 is 15.6 Å². The zero-order chi connectivity index (χ0) is 23.3. The number of carboxylic acid groups (broad SMARTS) is 1. The van der Waals surface area contributed by atoms with Crippen molar-refractivity contribution in [1.29, 1.82) is 0 Å². The molecular formula is C22H30Cl2N2O5. The number of nitrogens with zero attached hydrogens (tertiary/aromatic N) is 1. The van der Waals surface area contributed by atoms with Gasteiger partial charge < -0.3 is 24.5 Å². The summed E-state index contributed by atoms with van der Waals surface area (Å²) in [6, 6.07) is 2.40. The van der Waals surface area contributed by atoms with Crippen LogP contribution in [0.4, 0.5) is 4.79 Å². The molecule has 0 aliphatic carbocycles. The maximum atomic E-state index is 13.5. The number of nitrogens with one attached hydrogen (secondary N) is 1. The number of aromatic nitrogens is 1. The van der Waals surface area contributed by atoms with E-state index in [-0.39, 0.29) is 28.8 Å². The van der Waals surface area contributed by atoms with Crippen LogP contribution in [0.5, 0.6) is 5.75 Å². The molecule has 1 unspecified atom stereocenters. The van der Waals surface area contributed by atoms with Crippen molar-refractivity contribution in [2.24, 2.45) is 5.41 Å². The van der Waals surface area contributed by atoms with Gasteiger partial charge in [0.25, 0.3) is 5.56 Å². The molecule has 9 heteroatoms. The highest BCUT2D eigenvalue weighted by molar-refractivity contribution is 6.42. The fraction of sp³-hybridized carbons (Fsp3) is 0.545. The normalized spacial score (nSPS) is 12.7. The van der Waals surface area contributed by atoms with Crippen LogP contribution in [0, 0.1) is 5.41 Å². The Labute approximate surface area is 192 Å². The van der Waals surface area contributed by atoms with Crippen LogP contribution in [-0.4, -0.2) is 36.1 Å². The standard InChI is InChI=1S/C22H30Cl2N2O5/c1-6-7-9-31-18-13-11-15(23)16(24)12-14(13)20(27)26(8-10-30-5)17(18)19(22(2,3)4)25-21(28)29/h11-12,19,25H,6-10H2,1-5H3,(H,28,29). The topological polar surface area (TPSA) is 89.8 Å². The highest BCUT2D eigenvalue weighted by Gasteiger charge is 2.35. The molecule has 1 atom stereocenters. The molecule has 0 aliphatic rings. The molecule has 1 aromatic carbocycles. The zero-order valence-electron chi connectivity index (χ0n) is 18.6. The number of ether oxygens (including phenoxy) is 2. The molecule has 0 saturated carbocycles. The van der Waals surface area contributed by atoms with Gasteiger partial charge in [-0.15, -0.1) is 0 Å². The Morgan fingerprint density at radius 2 is 1.81 bits per heavy atom. The molecule has 1 heterocycles. The molecule has 0 bridgehead atoms. The predicted molar refractivity (Wildman–Crippen MR) is 124 cm³/mol. The molecule has 1 amide bonds. The molecule has 0 saturated heterocycles. The summed E-state index contributed by atoms with van der Waals surface area (Å²) in [4.78, 5) is 25.2. The number of fused-ring (bicyclic) bond motifs is 1.